The molecule has 2 aromatic carbocycles. The molecule has 0 bridgehead atoms. The Labute approximate surface area is 163 Å². The third-order valence-corrected chi connectivity index (χ3v) is 6.36. The van der Waals surface area contributed by atoms with E-state index in [1.54, 1.807) is 12.1 Å². The zero-order valence-electron chi connectivity index (χ0n) is 15.3. The summed E-state index contributed by atoms with van der Waals surface area (Å²) in [5.74, 6) is -0.959. The molecule has 2 aromatic rings. The largest absolute Gasteiger partial charge is 0.508 e. The van der Waals surface area contributed by atoms with Crippen LogP contribution in [0.2, 0.25) is 0 Å². The van der Waals surface area contributed by atoms with E-state index < -0.39 is 27.9 Å². The molecule has 0 unspecified atom stereocenters. The number of sulfonamides is 1. The Morgan fingerprint density at radius 2 is 1.82 bits per heavy atom. The predicted octanol–water partition coefficient (Wildman–Crippen LogP) is 1.22. The van der Waals surface area contributed by atoms with Crippen molar-refractivity contribution in [3.8, 4) is 5.75 Å². The van der Waals surface area contributed by atoms with Crippen LogP contribution in [-0.4, -0.2) is 48.8 Å². The summed E-state index contributed by atoms with van der Waals surface area (Å²) in [6, 6.07) is 11.1. The Morgan fingerprint density at radius 1 is 1.18 bits per heavy atom. The Kier molecular flexibility index (Phi) is 5.66. The lowest BCUT2D eigenvalue weighted by Crippen LogP contribution is -2.57. The number of hydrogen-bond acceptors (Lipinski definition) is 5. The molecule has 1 aliphatic heterocycles. The van der Waals surface area contributed by atoms with Crippen molar-refractivity contribution in [3.63, 3.8) is 0 Å². The van der Waals surface area contributed by atoms with Gasteiger partial charge in [-0.3, -0.25) is 9.59 Å². The van der Waals surface area contributed by atoms with Crippen molar-refractivity contribution in [2.45, 2.75) is 24.3 Å². The van der Waals surface area contributed by atoms with Gasteiger partial charge in [-0.05, 0) is 43.3 Å². The van der Waals surface area contributed by atoms with Gasteiger partial charge < -0.3 is 15.7 Å². The van der Waals surface area contributed by atoms with Crippen LogP contribution in [0.5, 0.6) is 5.75 Å². The Bertz CT molecular complexity index is 972. The second kappa shape index (κ2) is 7.99. The van der Waals surface area contributed by atoms with E-state index in [9.17, 15) is 23.1 Å². The van der Waals surface area contributed by atoms with E-state index >= 15 is 0 Å². The number of phenols is 1. The standard InChI is InChI=1S/C19H21N3O5S/c1-13-2-8-16(9-3-13)28(26,27)22-11-10-20-19(25)17(22)12-18(24)21-14-4-6-15(23)7-5-14/h2-9,17,23H,10-12H2,1H3,(H,20,25)(H,21,24)/t17-/m1/s1. The van der Waals surface area contributed by atoms with E-state index in [1.165, 1.54) is 36.4 Å². The van der Waals surface area contributed by atoms with Crippen LogP contribution >= 0.6 is 0 Å². The molecule has 8 nitrogen and oxygen atoms in total. The quantitative estimate of drug-likeness (QED) is 0.649. The number of rotatable bonds is 5. The average Bonchev–Trinajstić information content (AvgIpc) is 2.65. The van der Waals surface area contributed by atoms with Gasteiger partial charge in [-0.1, -0.05) is 17.7 Å². The third-order valence-electron chi connectivity index (χ3n) is 4.44. The minimum absolute atomic E-state index is 0.0556. The summed E-state index contributed by atoms with van der Waals surface area (Å²) in [6.45, 7) is 2.11. The minimum Gasteiger partial charge on any atom is -0.508 e. The highest BCUT2D eigenvalue weighted by molar-refractivity contribution is 7.89. The molecule has 1 fully saturated rings. The maximum atomic E-state index is 13.0. The van der Waals surface area contributed by atoms with Crippen LogP contribution in [0.3, 0.4) is 0 Å². The number of piperazine rings is 1. The van der Waals surface area contributed by atoms with Gasteiger partial charge in [0, 0.05) is 18.8 Å². The van der Waals surface area contributed by atoms with Gasteiger partial charge in [0.15, 0.2) is 0 Å². The fourth-order valence-corrected chi connectivity index (χ4v) is 4.54. The number of hydrogen-bond donors (Lipinski definition) is 3. The number of nitrogens with zero attached hydrogens (tertiary/aromatic N) is 1. The van der Waals surface area contributed by atoms with E-state index in [1.807, 2.05) is 6.92 Å². The smallest absolute Gasteiger partial charge is 0.243 e. The fraction of sp³-hybridized carbons (Fsp3) is 0.263. The van der Waals surface area contributed by atoms with Gasteiger partial charge in [0.25, 0.3) is 0 Å². The van der Waals surface area contributed by atoms with Gasteiger partial charge in [0.1, 0.15) is 11.8 Å². The number of anilines is 1. The number of amides is 2. The summed E-state index contributed by atoms with van der Waals surface area (Å²) in [5, 5.41) is 14.5. The number of nitrogens with one attached hydrogen (secondary N) is 2. The highest BCUT2D eigenvalue weighted by atomic mass is 32.2. The van der Waals surface area contributed by atoms with Gasteiger partial charge in [-0.2, -0.15) is 4.31 Å². The van der Waals surface area contributed by atoms with E-state index in [-0.39, 0.29) is 30.2 Å². The topological polar surface area (TPSA) is 116 Å². The van der Waals surface area contributed by atoms with Gasteiger partial charge in [0.05, 0.1) is 11.3 Å². The number of carbonyl (C=O) groups excluding carboxylic acids is 2. The second-order valence-electron chi connectivity index (χ2n) is 6.53. The number of carbonyl (C=O) groups is 2. The van der Waals surface area contributed by atoms with Gasteiger partial charge in [0.2, 0.25) is 21.8 Å². The van der Waals surface area contributed by atoms with Crippen molar-refractivity contribution in [3.05, 3.63) is 54.1 Å². The lowest BCUT2D eigenvalue weighted by atomic mass is 10.1. The molecule has 0 aromatic heterocycles. The van der Waals surface area contributed by atoms with Crippen LogP contribution in [-0.2, 0) is 19.6 Å². The molecule has 0 saturated carbocycles. The second-order valence-corrected chi connectivity index (χ2v) is 8.43. The normalized spacial score (nSPS) is 17.8. The SMILES string of the molecule is Cc1ccc(S(=O)(=O)N2CCNC(=O)[C@H]2CC(=O)Nc2ccc(O)cc2)cc1. The Hall–Kier alpha value is -2.91. The van der Waals surface area contributed by atoms with E-state index in [0.29, 0.717) is 5.69 Å². The first-order chi connectivity index (χ1) is 13.3. The molecule has 1 aliphatic rings. The lowest BCUT2D eigenvalue weighted by Gasteiger charge is -2.33. The predicted molar refractivity (Wildman–Crippen MR) is 103 cm³/mol. The van der Waals surface area contributed by atoms with Crippen LogP contribution in [0.25, 0.3) is 0 Å². The molecule has 3 N–H and O–H groups in total. The summed E-state index contributed by atoms with van der Waals surface area (Å²) in [5.41, 5.74) is 1.35. The number of benzene rings is 2. The van der Waals surface area contributed by atoms with Crippen LogP contribution < -0.4 is 10.6 Å². The summed E-state index contributed by atoms with van der Waals surface area (Å²) >= 11 is 0. The van der Waals surface area contributed by atoms with E-state index in [4.69, 9.17) is 0 Å². The molecular weight excluding hydrogens is 382 g/mol. The average molecular weight is 403 g/mol. The van der Waals surface area contributed by atoms with Crippen LogP contribution in [0.1, 0.15) is 12.0 Å². The van der Waals surface area contributed by atoms with Crippen molar-refractivity contribution in [1.82, 2.24) is 9.62 Å². The molecule has 1 heterocycles. The maximum absolute atomic E-state index is 13.0. The number of aromatic hydroxyl groups is 1. The first kappa shape index (κ1) is 19.8. The van der Waals surface area contributed by atoms with Crippen molar-refractivity contribution in [1.29, 1.82) is 0 Å². The van der Waals surface area contributed by atoms with Crippen molar-refractivity contribution < 1.29 is 23.1 Å². The first-order valence-electron chi connectivity index (χ1n) is 8.72. The van der Waals surface area contributed by atoms with Crippen LogP contribution in [0.15, 0.2) is 53.4 Å². The first-order valence-corrected chi connectivity index (χ1v) is 10.2. The number of phenolic OH excluding ortho intramolecular Hbond substituents is 1. The molecule has 1 saturated heterocycles. The van der Waals surface area contributed by atoms with Crippen LogP contribution in [0.4, 0.5) is 5.69 Å². The molecular formula is C19H21N3O5S. The van der Waals surface area contributed by atoms with Crippen molar-refractivity contribution >= 4 is 27.5 Å². The summed E-state index contributed by atoms with van der Waals surface area (Å²) < 4.78 is 27.1. The summed E-state index contributed by atoms with van der Waals surface area (Å²) in [7, 11) is -3.93. The molecule has 0 aliphatic carbocycles. The number of aryl methyl sites for hydroxylation is 1. The molecule has 9 heteroatoms. The molecule has 148 valence electrons. The monoisotopic (exact) mass is 403 g/mol. The summed E-state index contributed by atoms with van der Waals surface area (Å²) in [4.78, 5) is 24.8. The van der Waals surface area contributed by atoms with Crippen molar-refractivity contribution in [2.75, 3.05) is 18.4 Å². The highest BCUT2D eigenvalue weighted by Crippen LogP contribution is 2.22. The third kappa shape index (κ3) is 4.32. The zero-order chi connectivity index (χ0) is 20.3. The van der Waals surface area contributed by atoms with Gasteiger partial charge in [-0.15, -0.1) is 0 Å². The van der Waals surface area contributed by atoms with Crippen LogP contribution in [0, 0.1) is 6.92 Å². The lowest BCUT2D eigenvalue weighted by molar-refractivity contribution is -0.130. The fourth-order valence-electron chi connectivity index (χ4n) is 2.95. The Morgan fingerprint density at radius 3 is 2.46 bits per heavy atom. The molecule has 2 amide bonds. The van der Waals surface area contributed by atoms with Gasteiger partial charge >= 0.3 is 0 Å². The molecule has 0 spiro atoms. The minimum atomic E-state index is -3.93. The van der Waals surface area contributed by atoms with Gasteiger partial charge in [-0.25, -0.2) is 8.42 Å². The van der Waals surface area contributed by atoms with Crippen molar-refractivity contribution in [2.24, 2.45) is 0 Å². The maximum Gasteiger partial charge on any atom is 0.243 e. The summed E-state index contributed by atoms with van der Waals surface area (Å²) in [6.07, 6.45) is -0.322. The highest BCUT2D eigenvalue weighted by Gasteiger charge is 2.39. The Balaban J connectivity index is 1.80. The molecule has 3 rings (SSSR count). The zero-order valence-corrected chi connectivity index (χ0v) is 16.1. The van der Waals surface area contributed by atoms with E-state index in [0.717, 1.165) is 9.87 Å². The molecule has 1 atom stereocenters. The van der Waals surface area contributed by atoms with E-state index in [2.05, 4.69) is 10.6 Å². The molecule has 28 heavy (non-hydrogen) atoms. The molecule has 0 radical (unpaired) electrons.